The molecule has 2 amide bonds. The zero-order valence-corrected chi connectivity index (χ0v) is 17.0. The molecule has 2 fully saturated rings. The molecular formula is C21H33N5O2. The molecule has 7 heteroatoms. The number of nitrogens with two attached hydrogens (primary N) is 1. The molecule has 2 aliphatic heterocycles. The summed E-state index contributed by atoms with van der Waals surface area (Å²) >= 11 is 0. The van der Waals surface area contributed by atoms with Crippen LogP contribution in [0.5, 0.6) is 0 Å². The van der Waals surface area contributed by atoms with Crippen molar-refractivity contribution in [3.63, 3.8) is 0 Å². The summed E-state index contributed by atoms with van der Waals surface area (Å²) in [4.78, 5) is 29.3. The fraction of sp³-hybridized carbons (Fsp3) is 0.619. The molecule has 1 unspecified atom stereocenters. The second kappa shape index (κ2) is 9.28. The molecule has 0 aliphatic carbocycles. The normalized spacial score (nSPS) is 20.0. The van der Waals surface area contributed by atoms with E-state index in [0.717, 1.165) is 18.8 Å². The minimum absolute atomic E-state index is 0.0421. The van der Waals surface area contributed by atoms with Gasteiger partial charge in [0.05, 0.1) is 12.1 Å². The van der Waals surface area contributed by atoms with Crippen LogP contribution >= 0.6 is 0 Å². The van der Waals surface area contributed by atoms with Gasteiger partial charge in [-0.25, -0.2) is 0 Å². The number of amides is 2. The Morgan fingerprint density at radius 1 is 1.18 bits per heavy atom. The molecule has 0 radical (unpaired) electrons. The lowest BCUT2D eigenvalue weighted by Gasteiger charge is -2.30. The van der Waals surface area contributed by atoms with Gasteiger partial charge in [0.15, 0.2) is 0 Å². The Morgan fingerprint density at radius 2 is 1.93 bits per heavy atom. The van der Waals surface area contributed by atoms with E-state index in [1.165, 1.54) is 38.8 Å². The highest BCUT2D eigenvalue weighted by Gasteiger charge is 2.28. The van der Waals surface area contributed by atoms with E-state index in [9.17, 15) is 9.59 Å². The van der Waals surface area contributed by atoms with E-state index in [2.05, 4.69) is 20.4 Å². The van der Waals surface area contributed by atoms with E-state index in [4.69, 9.17) is 5.73 Å². The summed E-state index contributed by atoms with van der Waals surface area (Å²) in [5, 5.41) is 5.44. The number of hydrogen-bond acceptors (Lipinski definition) is 5. The Hall–Kier alpha value is -2.28. The molecule has 2 aliphatic rings. The second-order valence-corrected chi connectivity index (χ2v) is 8.17. The Kier molecular flexibility index (Phi) is 6.78. The predicted molar refractivity (Wildman–Crippen MR) is 113 cm³/mol. The first kappa shape index (κ1) is 20.5. The number of nitrogens with one attached hydrogen (secondary N) is 2. The molecule has 154 valence electrons. The predicted octanol–water partition coefficient (Wildman–Crippen LogP) is 1.59. The van der Waals surface area contributed by atoms with Crippen molar-refractivity contribution in [1.29, 1.82) is 0 Å². The molecule has 2 heterocycles. The molecule has 1 aromatic rings. The molecule has 0 aromatic heterocycles. The van der Waals surface area contributed by atoms with Crippen LogP contribution in [-0.4, -0.2) is 61.5 Å². The summed E-state index contributed by atoms with van der Waals surface area (Å²) in [7, 11) is 0. The van der Waals surface area contributed by atoms with Crippen LogP contribution in [0.2, 0.25) is 0 Å². The van der Waals surface area contributed by atoms with E-state index < -0.39 is 0 Å². The number of benzene rings is 1. The average Bonchev–Trinajstić information content (AvgIpc) is 3.32. The lowest BCUT2D eigenvalue weighted by molar-refractivity contribution is -0.120. The highest BCUT2D eigenvalue weighted by molar-refractivity contribution is 6.01. The summed E-state index contributed by atoms with van der Waals surface area (Å²) in [6.07, 6.45) is 4.93. The summed E-state index contributed by atoms with van der Waals surface area (Å²) in [6, 6.07) is 6.19. The van der Waals surface area contributed by atoms with Gasteiger partial charge in [0, 0.05) is 36.5 Å². The van der Waals surface area contributed by atoms with Crippen molar-refractivity contribution < 1.29 is 9.59 Å². The smallest absolute Gasteiger partial charge is 0.253 e. The topological polar surface area (TPSA) is 90.7 Å². The maximum Gasteiger partial charge on any atom is 0.253 e. The molecule has 7 nitrogen and oxygen atoms in total. The van der Waals surface area contributed by atoms with Crippen LogP contribution in [0, 0.1) is 0 Å². The molecule has 0 bridgehead atoms. The Morgan fingerprint density at radius 3 is 2.64 bits per heavy atom. The van der Waals surface area contributed by atoms with E-state index >= 15 is 0 Å². The van der Waals surface area contributed by atoms with Crippen LogP contribution in [0.15, 0.2) is 18.2 Å². The number of nitrogens with zero attached hydrogens (tertiary/aromatic N) is 2. The van der Waals surface area contributed by atoms with Crippen molar-refractivity contribution in [1.82, 2.24) is 15.5 Å². The third-order valence-electron chi connectivity index (χ3n) is 5.52. The largest absolute Gasteiger partial charge is 0.398 e. The minimum atomic E-state index is -0.312. The van der Waals surface area contributed by atoms with Gasteiger partial charge in [-0.2, -0.15) is 0 Å². The van der Waals surface area contributed by atoms with Gasteiger partial charge in [0.25, 0.3) is 5.91 Å². The van der Waals surface area contributed by atoms with Crippen molar-refractivity contribution in [3.8, 4) is 0 Å². The fourth-order valence-corrected chi connectivity index (χ4v) is 4.18. The van der Waals surface area contributed by atoms with Crippen molar-refractivity contribution >= 4 is 23.2 Å². The molecule has 2 saturated heterocycles. The molecule has 1 aromatic carbocycles. The van der Waals surface area contributed by atoms with Crippen LogP contribution in [0.25, 0.3) is 0 Å². The van der Waals surface area contributed by atoms with Crippen molar-refractivity contribution in [2.75, 3.05) is 43.4 Å². The van der Waals surface area contributed by atoms with E-state index in [-0.39, 0.29) is 24.4 Å². The fourth-order valence-electron chi connectivity index (χ4n) is 4.18. The first-order valence-electron chi connectivity index (χ1n) is 10.4. The van der Waals surface area contributed by atoms with E-state index in [1.54, 1.807) is 6.07 Å². The first-order valence-corrected chi connectivity index (χ1v) is 10.4. The van der Waals surface area contributed by atoms with Crippen molar-refractivity contribution in [3.05, 3.63) is 23.8 Å². The maximum atomic E-state index is 12.6. The second-order valence-electron chi connectivity index (χ2n) is 8.17. The van der Waals surface area contributed by atoms with Gasteiger partial charge in [-0.3, -0.25) is 9.59 Å². The number of hydrogen-bond donors (Lipinski definition) is 3. The zero-order valence-electron chi connectivity index (χ0n) is 17.0. The van der Waals surface area contributed by atoms with Gasteiger partial charge in [0.2, 0.25) is 5.91 Å². The summed E-state index contributed by atoms with van der Waals surface area (Å²) in [6.45, 7) is 8.19. The Balaban J connectivity index is 1.66. The number of carbonyl (C=O) groups excluding carboxylic acids is 2. The Bertz CT molecular complexity index is 700. The molecule has 4 N–H and O–H groups in total. The SMILES string of the molecule is CC(C)NC(=O)CNC(=O)c1cc(N2CCCC2CN2CCCC2)ccc1N. The highest BCUT2D eigenvalue weighted by Crippen LogP contribution is 2.29. The van der Waals surface area contributed by atoms with Crippen LogP contribution in [-0.2, 0) is 4.79 Å². The third-order valence-corrected chi connectivity index (χ3v) is 5.52. The average molecular weight is 388 g/mol. The van der Waals surface area contributed by atoms with Crippen LogP contribution in [0.4, 0.5) is 11.4 Å². The molecular weight excluding hydrogens is 354 g/mol. The maximum absolute atomic E-state index is 12.6. The van der Waals surface area contributed by atoms with Crippen molar-refractivity contribution in [2.24, 2.45) is 0 Å². The van der Waals surface area contributed by atoms with E-state index in [1.807, 2.05) is 26.0 Å². The molecule has 0 saturated carbocycles. The highest BCUT2D eigenvalue weighted by atomic mass is 16.2. The van der Waals surface area contributed by atoms with Gasteiger partial charge in [-0.05, 0) is 70.8 Å². The van der Waals surface area contributed by atoms with Gasteiger partial charge in [-0.1, -0.05) is 0 Å². The standard InChI is InChI=1S/C21H33N5O2/c1-15(2)24-20(27)13-23-21(28)18-12-16(7-8-19(18)22)26-11-5-6-17(26)14-25-9-3-4-10-25/h7-8,12,15,17H,3-6,9-11,13-14,22H2,1-2H3,(H,23,28)(H,24,27). The van der Waals surface area contributed by atoms with Crippen LogP contribution < -0.4 is 21.3 Å². The third kappa shape index (κ3) is 5.16. The molecule has 3 rings (SSSR count). The minimum Gasteiger partial charge on any atom is -0.398 e. The number of likely N-dealkylation sites (tertiary alicyclic amines) is 1. The summed E-state index contributed by atoms with van der Waals surface area (Å²) in [5.74, 6) is -0.517. The van der Waals surface area contributed by atoms with Gasteiger partial charge >= 0.3 is 0 Å². The molecule has 0 spiro atoms. The summed E-state index contributed by atoms with van der Waals surface area (Å²) in [5.41, 5.74) is 7.95. The van der Waals surface area contributed by atoms with Crippen molar-refractivity contribution in [2.45, 2.75) is 51.6 Å². The molecule has 1 atom stereocenters. The number of rotatable bonds is 7. The monoisotopic (exact) mass is 387 g/mol. The lowest BCUT2D eigenvalue weighted by atomic mass is 10.1. The zero-order chi connectivity index (χ0) is 20.1. The first-order chi connectivity index (χ1) is 13.4. The summed E-state index contributed by atoms with van der Waals surface area (Å²) < 4.78 is 0. The van der Waals surface area contributed by atoms with Gasteiger partial charge < -0.3 is 26.2 Å². The number of nitrogen functional groups attached to an aromatic ring is 1. The molecule has 28 heavy (non-hydrogen) atoms. The van der Waals surface area contributed by atoms with Gasteiger partial charge in [0.1, 0.15) is 0 Å². The number of anilines is 2. The van der Waals surface area contributed by atoms with E-state index in [0.29, 0.717) is 17.3 Å². The number of carbonyl (C=O) groups is 2. The lowest BCUT2D eigenvalue weighted by Crippen LogP contribution is -2.40. The Labute approximate surface area is 167 Å². The van der Waals surface area contributed by atoms with Crippen LogP contribution in [0.1, 0.15) is 49.9 Å². The quantitative estimate of drug-likeness (QED) is 0.618. The van der Waals surface area contributed by atoms with Crippen LogP contribution in [0.3, 0.4) is 0 Å². The van der Waals surface area contributed by atoms with Gasteiger partial charge in [-0.15, -0.1) is 0 Å².